The molecule has 0 radical (unpaired) electrons. The molecular weight excluding hydrogens is 288 g/mol. The van der Waals surface area contributed by atoms with Crippen molar-refractivity contribution in [3.63, 3.8) is 0 Å². The molecule has 23 heavy (non-hydrogen) atoms. The Morgan fingerprint density at radius 2 is 1.91 bits per heavy atom. The van der Waals surface area contributed by atoms with Gasteiger partial charge in [-0.2, -0.15) is 0 Å². The van der Waals surface area contributed by atoms with Crippen molar-refractivity contribution in [1.82, 2.24) is 9.80 Å². The molecule has 3 unspecified atom stereocenters. The maximum Gasteiger partial charge on any atom is 0.245 e. The second kappa shape index (κ2) is 8.70. The lowest BCUT2D eigenvalue weighted by atomic mass is 9.84. The number of fused-ring (bicyclic) bond motifs is 1. The van der Waals surface area contributed by atoms with Crippen LogP contribution >= 0.6 is 0 Å². The van der Waals surface area contributed by atoms with Crippen LogP contribution < -0.4 is 0 Å². The van der Waals surface area contributed by atoms with Crippen molar-refractivity contribution in [3.8, 4) is 0 Å². The number of rotatable bonds is 5. The molecular formula is C19H30N2O2. The second-order valence-electron chi connectivity index (χ2n) is 5.71. The van der Waals surface area contributed by atoms with E-state index >= 15 is 0 Å². The van der Waals surface area contributed by atoms with E-state index in [1.807, 2.05) is 38.7 Å². The van der Waals surface area contributed by atoms with Crippen LogP contribution in [0.5, 0.6) is 0 Å². The third kappa shape index (κ3) is 3.41. The summed E-state index contributed by atoms with van der Waals surface area (Å²) in [6.07, 6.45) is 6.87. The highest BCUT2D eigenvalue weighted by molar-refractivity contribution is 5.86. The first-order valence-corrected chi connectivity index (χ1v) is 8.61. The van der Waals surface area contributed by atoms with Gasteiger partial charge in [-0.25, -0.2) is 0 Å². The van der Waals surface area contributed by atoms with Gasteiger partial charge >= 0.3 is 0 Å². The average Bonchev–Trinajstić information content (AvgIpc) is 2.60. The standard InChI is InChI=1S/C17H24N2O2.C2H6/c1-5-8-15-17(21)18-10-9-13(6-2)14(7-3)16(18)12(4)19(15)11-20;1-2/h6-7,11-12,15-16H,2-3,5,8-10H2,1,4H3;1-2H3. The first kappa shape index (κ1) is 19.2. The third-order valence-corrected chi connectivity index (χ3v) is 4.65. The Bertz CT molecular complexity index is 496. The number of nitrogens with zero attached hydrogens (tertiary/aromatic N) is 2. The third-order valence-electron chi connectivity index (χ3n) is 4.65. The summed E-state index contributed by atoms with van der Waals surface area (Å²) in [6, 6.07) is -0.467. The zero-order chi connectivity index (χ0) is 17.6. The molecule has 0 bridgehead atoms. The van der Waals surface area contributed by atoms with Gasteiger partial charge in [0, 0.05) is 6.54 Å². The molecule has 1 fully saturated rings. The molecule has 2 amide bonds. The number of piperazine rings is 1. The van der Waals surface area contributed by atoms with Gasteiger partial charge in [0.05, 0.1) is 12.1 Å². The van der Waals surface area contributed by atoms with Crippen molar-refractivity contribution in [2.24, 2.45) is 0 Å². The van der Waals surface area contributed by atoms with Gasteiger partial charge in [0.25, 0.3) is 0 Å². The average molecular weight is 318 g/mol. The molecule has 2 aliphatic rings. The van der Waals surface area contributed by atoms with Gasteiger partial charge in [-0.05, 0) is 30.9 Å². The number of allylic oxidation sites excluding steroid dienone is 1. The van der Waals surface area contributed by atoms with E-state index < -0.39 is 0 Å². The number of amides is 2. The fourth-order valence-electron chi connectivity index (χ4n) is 3.60. The number of hydrogen-bond donors (Lipinski definition) is 0. The van der Waals surface area contributed by atoms with Crippen LogP contribution in [0.3, 0.4) is 0 Å². The van der Waals surface area contributed by atoms with Crippen molar-refractivity contribution in [1.29, 1.82) is 0 Å². The van der Waals surface area contributed by atoms with Crippen LogP contribution in [-0.2, 0) is 9.59 Å². The zero-order valence-corrected chi connectivity index (χ0v) is 14.9. The highest BCUT2D eigenvalue weighted by Gasteiger charge is 2.46. The zero-order valence-electron chi connectivity index (χ0n) is 14.9. The van der Waals surface area contributed by atoms with E-state index in [2.05, 4.69) is 13.2 Å². The summed E-state index contributed by atoms with van der Waals surface area (Å²) in [5.74, 6) is 0.0644. The van der Waals surface area contributed by atoms with Crippen LogP contribution in [0.2, 0.25) is 0 Å². The van der Waals surface area contributed by atoms with E-state index in [0.717, 1.165) is 30.4 Å². The minimum atomic E-state index is -0.324. The monoisotopic (exact) mass is 318 g/mol. The van der Waals surface area contributed by atoms with Crippen molar-refractivity contribution in [2.75, 3.05) is 6.54 Å². The highest BCUT2D eigenvalue weighted by Crippen LogP contribution is 2.34. The molecule has 2 rings (SSSR count). The predicted octanol–water partition coefficient (Wildman–Crippen LogP) is 3.31. The summed E-state index contributed by atoms with van der Waals surface area (Å²) >= 11 is 0. The summed E-state index contributed by atoms with van der Waals surface area (Å²) in [5.41, 5.74) is 2.16. The molecule has 2 heterocycles. The molecule has 0 aliphatic carbocycles. The van der Waals surface area contributed by atoms with E-state index in [0.29, 0.717) is 13.0 Å². The second-order valence-corrected chi connectivity index (χ2v) is 5.71. The molecule has 128 valence electrons. The molecule has 0 spiro atoms. The van der Waals surface area contributed by atoms with Gasteiger partial charge in [0.2, 0.25) is 12.3 Å². The molecule has 0 saturated carbocycles. The molecule has 0 N–H and O–H groups in total. The lowest BCUT2D eigenvalue weighted by Crippen LogP contribution is -2.66. The summed E-state index contributed by atoms with van der Waals surface area (Å²) in [7, 11) is 0. The van der Waals surface area contributed by atoms with Crippen molar-refractivity contribution in [3.05, 3.63) is 36.5 Å². The van der Waals surface area contributed by atoms with Gasteiger partial charge in [0.15, 0.2) is 0 Å². The van der Waals surface area contributed by atoms with Crippen molar-refractivity contribution < 1.29 is 9.59 Å². The van der Waals surface area contributed by atoms with E-state index in [-0.39, 0.29) is 24.0 Å². The summed E-state index contributed by atoms with van der Waals surface area (Å²) in [5, 5.41) is 0. The lowest BCUT2D eigenvalue weighted by Gasteiger charge is -2.51. The molecule has 3 atom stereocenters. The van der Waals surface area contributed by atoms with Gasteiger partial charge in [-0.1, -0.05) is 52.5 Å². The number of hydrogen-bond acceptors (Lipinski definition) is 2. The van der Waals surface area contributed by atoms with E-state index in [9.17, 15) is 9.59 Å². The van der Waals surface area contributed by atoms with E-state index in [4.69, 9.17) is 0 Å². The Morgan fingerprint density at radius 1 is 1.26 bits per heavy atom. The molecule has 0 aromatic heterocycles. The summed E-state index contributed by atoms with van der Waals surface area (Å²) < 4.78 is 0. The number of carbonyl (C=O) groups is 2. The van der Waals surface area contributed by atoms with Crippen LogP contribution in [-0.4, -0.2) is 46.8 Å². The smallest absolute Gasteiger partial charge is 0.245 e. The van der Waals surface area contributed by atoms with Gasteiger partial charge in [-0.3, -0.25) is 9.59 Å². The maximum atomic E-state index is 12.8. The van der Waals surface area contributed by atoms with Gasteiger partial charge in [-0.15, -0.1) is 0 Å². The normalized spacial score (nSPS) is 27.0. The molecule has 4 nitrogen and oxygen atoms in total. The first-order chi connectivity index (χ1) is 11.1. The first-order valence-electron chi connectivity index (χ1n) is 8.61. The molecule has 0 aromatic rings. The Morgan fingerprint density at radius 3 is 2.39 bits per heavy atom. The van der Waals surface area contributed by atoms with Crippen molar-refractivity contribution >= 4 is 12.3 Å². The predicted molar refractivity (Wildman–Crippen MR) is 94.9 cm³/mol. The topological polar surface area (TPSA) is 40.6 Å². The fourth-order valence-corrected chi connectivity index (χ4v) is 3.60. The van der Waals surface area contributed by atoms with Crippen LogP contribution in [0.4, 0.5) is 0 Å². The number of carbonyl (C=O) groups excluding carboxylic acids is 2. The summed E-state index contributed by atoms with van der Waals surface area (Å²) in [4.78, 5) is 27.9. The van der Waals surface area contributed by atoms with E-state index in [1.165, 1.54) is 0 Å². The molecule has 4 heteroatoms. The largest absolute Gasteiger partial charge is 0.331 e. The van der Waals surface area contributed by atoms with E-state index in [1.54, 1.807) is 11.0 Å². The highest BCUT2D eigenvalue weighted by atomic mass is 16.2. The SMILES string of the molecule is C=CC1=C(C=C)C2C(C)N(C=O)C(CCC)C(=O)N2CC1.CC. The fraction of sp³-hybridized carbons (Fsp3) is 0.579. The quantitative estimate of drug-likeness (QED) is 0.730. The molecule has 1 saturated heterocycles. The Labute approximate surface area is 140 Å². The minimum Gasteiger partial charge on any atom is -0.331 e. The van der Waals surface area contributed by atoms with Crippen LogP contribution in [0.1, 0.15) is 47.0 Å². The Balaban J connectivity index is 0.00000127. The Kier molecular flexibility index (Phi) is 7.27. The minimum absolute atomic E-state index is 0.0417. The molecule has 2 aliphatic heterocycles. The van der Waals surface area contributed by atoms with Gasteiger partial charge < -0.3 is 9.80 Å². The van der Waals surface area contributed by atoms with Crippen LogP contribution in [0, 0.1) is 0 Å². The van der Waals surface area contributed by atoms with Crippen molar-refractivity contribution in [2.45, 2.75) is 65.1 Å². The summed E-state index contributed by atoms with van der Waals surface area (Å²) in [6.45, 7) is 16.5. The Hall–Kier alpha value is -1.84. The lowest BCUT2D eigenvalue weighted by molar-refractivity contribution is -0.154. The molecule has 0 aromatic carbocycles. The van der Waals surface area contributed by atoms with Crippen LogP contribution in [0.15, 0.2) is 36.5 Å². The maximum absolute atomic E-state index is 12.8. The van der Waals surface area contributed by atoms with Crippen LogP contribution in [0.25, 0.3) is 0 Å². The van der Waals surface area contributed by atoms with Gasteiger partial charge in [0.1, 0.15) is 6.04 Å².